The number of benzene rings is 1. The minimum atomic E-state index is -4.60. The average Bonchev–Trinajstić information content (AvgIpc) is 3.22. The van der Waals surface area contributed by atoms with Crippen molar-refractivity contribution < 1.29 is 36.2 Å². The maximum atomic E-state index is 13.5. The number of halogens is 5. The van der Waals surface area contributed by atoms with E-state index in [9.17, 15) is 22.0 Å². The molecule has 0 saturated carbocycles. The van der Waals surface area contributed by atoms with Gasteiger partial charge in [-0.2, -0.15) is 31.8 Å². The van der Waals surface area contributed by atoms with Gasteiger partial charge < -0.3 is 19.2 Å². The van der Waals surface area contributed by atoms with Crippen molar-refractivity contribution >= 4 is 16.9 Å². The number of nitrogens with zero attached hydrogens (tertiary/aromatic N) is 3. The van der Waals surface area contributed by atoms with Gasteiger partial charge in [0, 0.05) is 12.7 Å². The SMILES string of the molecule is COC(F)(F)COC1COc2ccccc2C1C#[N+]c1ncnc2[nH]c(C(F)(F)F)cc12. The van der Waals surface area contributed by atoms with Gasteiger partial charge in [-0.15, -0.1) is 0 Å². The summed E-state index contributed by atoms with van der Waals surface area (Å²) in [5.74, 6) is -0.322. The molecule has 4 rings (SSSR count). The van der Waals surface area contributed by atoms with Gasteiger partial charge in [0.15, 0.2) is 11.7 Å². The first kappa shape index (κ1) is 21.9. The number of rotatable bonds is 4. The van der Waals surface area contributed by atoms with E-state index < -0.39 is 36.6 Å². The van der Waals surface area contributed by atoms with E-state index in [0.717, 1.165) is 19.5 Å². The molecule has 2 atom stereocenters. The monoisotopic (exact) mass is 455 g/mol. The van der Waals surface area contributed by atoms with Gasteiger partial charge in [0.05, 0.1) is 0 Å². The Balaban J connectivity index is 1.70. The first-order valence-electron chi connectivity index (χ1n) is 9.31. The lowest BCUT2D eigenvalue weighted by atomic mass is 9.92. The molecule has 32 heavy (non-hydrogen) atoms. The largest absolute Gasteiger partial charge is 0.490 e. The smallest absolute Gasteiger partial charge is 0.438 e. The fraction of sp³-hybridized carbons (Fsp3) is 0.350. The second-order valence-corrected chi connectivity index (χ2v) is 6.90. The second kappa shape index (κ2) is 8.33. The van der Waals surface area contributed by atoms with Crippen molar-refractivity contribution in [2.75, 3.05) is 20.3 Å². The topological polar surface area (TPSA) is 73.6 Å². The molecule has 0 radical (unpaired) electrons. The fourth-order valence-corrected chi connectivity index (χ4v) is 3.20. The van der Waals surface area contributed by atoms with E-state index in [1.165, 1.54) is 0 Å². The molecule has 3 heterocycles. The Morgan fingerprint density at radius 2 is 2.00 bits per heavy atom. The van der Waals surface area contributed by atoms with E-state index in [2.05, 4.69) is 30.6 Å². The number of methoxy groups -OCH3 is 1. The molecule has 0 amide bonds. The van der Waals surface area contributed by atoms with Crippen molar-refractivity contribution in [2.24, 2.45) is 0 Å². The molecule has 7 nitrogen and oxygen atoms in total. The standard InChI is InChI=1S/C20H16F5N4O3/c1-30-19(21,22)9-32-15-8-31-14-5-3-2-4-11(14)13(15)7-26-17-12-6-16(20(23,24)25)29-18(12)28-10-27-17/h2-6,10,13,15H,8-9H2,1H3,(H,27,28,29)/q+1. The van der Waals surface area contributed by atoms with Crippen molar-refractivity contribution in [3.63, 3.8) is 0 Å². The summed E-state index contributed by atoms with van der Waals surface area (Å²) in [5.41, 5.74) is -0.472. The van der Waals surface area contributed by atoms with Crippen LogP contribution >= 0.6 is 0 Å². The van der Waals surface area contributed by atoms with Crippen LogP contribution in [0.25, 0.3) is 15.9 Å². The van der Waals surface area contributed by atoms with Crippen LogP contribution in [0.1, 0.15) is 17.2 Å². The van der Waals surface area contributed by atoms with Crippen LogP contribution in [0.2, 0.25) is 0 Å². The number of nitrogens with one attached hydrogen (secondary N) is 1. The third kappa shape index (κ3) is 4.49. The van der Waals surface area contributed by atoms with Gasteiger partial charge in [-0.1, -0.05) is 18.2 Å². The van der Waals surface area contributed by atoms with Crippen molar-refractivity contribution in [1.29, 1.82) is 0 Å². The Morgan fingerprint density at radius 3 is 2.75 bits per heavy atom. The summed E-state index contributed by atoms with van der Waals surface area (Å²) in [4.78, 5) is 14.0. The van der Waals surface area contributed by atoms with E-state index >= 15 is 0 Å². The van der Waals surface area contributed by atoms with Gasteiger partial charge >= 0.3 is 18.1 Å². The molecule has 0 fully saturated rings. The molecule has 168 valence electrons. The molecule has 0 spiro atoms. The molecule has 0 bridgehead atoms. The lowest BCUT2D eigenvalue weighted by Gasteiger charge is -2.29. The maximum absolute atomic E-state index is 13.5. The van der Waals surface area contributed by atoms with E-state index in [-0.39, 0.29) is 23.5 Å². The summed E-state index contributed by atoms with van der Waals surface area (Å²) < 4.78 is 81.1. The number of aromatic nitrogens is 3. The first-order chi connectivity index (χ1) is 15.2. The van der Waals surface area contributed by atoms with Crippen LogP contribution in [0.3, 0.4) is 0 Å². The number of para-hydroxylation sites is 1. The third-order valence-corrected chi connectivity index (χ3v) is 4.81. The number of hydrogen-bond donors (Lipinski definition) is 1. The number of fused-ring (bicyclic) bond motifs is 2. The molecular formula is C20H16F5N4O3+. The van der Waals surface area contributed by atoms with E-state index in [1.54, 1.807) is 24.3 Å². The van der Waals surface area contributed by atoms with Crippen LogP contribution in [0, 0.1) is 6.07 Å². The molecule has 2 unspecified atom stereocenters. The van der Waals surface area contributed by atoms with Crippen LogP contribution in [0.4, 0.5) is 27.8 Å². The zero-order chi connectivity index (χ0) is 22.9. The van der Waals surface area contributed by atoms with Gasteiger partial charge in [-0.3, -0.25) is 0 Å². The summed E-state index contributed by atoms with van der Waals surface area (Å²) in [5, 5.41) is 0.0380. The summed E-state index contributed by atoms with van der Waals surface area (Å²) in [7, 11) is 0.855. The Bertz CT molecular complexity index is 1190. The Morgan fingerprint density at radius 1 is 1.22 bits per heavy atom. The van der Waals surface area contributed by atoms with Crippen LogP contribution in [0.15, 0.2) is 36.7 Å². The number of H-pyrrole nitrogens is 1. The quantitative estimate of drug-likeness (QED) is 0.576. The Labute approximate surface area is 178 Å². The molecule has 12 heteroatoms. The van der Waals surface area contributed by atoms with Crippen LogP contribution in [-0.4, -0.2) is 47.5 Å². The van der Waals surface area contributed by atoms with Crippen molar-refractivity contribution in [1.82, 2.24) is 15.0 Å². The zero-order valence-electron chi connectivity index (χ0n) is 16.5. The predicted octanol–water partition coefficient (Wildman–Crippen LogP) is 4.74. The van der Waals surface area contributed by atoms with Gasteiger partial charge in [-0.25, -0.2) is 0 Å². The number of alkyl halides is 5. The van der Waals surface area contributed by atoms with Gasteiger partial charge in [0.1, 0.15) is 42.1 Å². The lowest BCUT2D eigenvalue weighted by molar-refractivity contribution is -0.258. The minimum absolute atomic E-state index is 0.0380. The third-order valence-electron chi connectivity index (χ3n) is 4.81. The summed E-state index contributed by atoms with van der Waals surface area (Å²) in [6.45, 7) is -1.09. The average molecular weight is 455 g/mol. The van der Waals surface area contributed by atoms with Gasteiger partial charge in [0.25, 0.3) is 0 Å². The molecular weight excluding hydrogens is 439 g/mol. The highest BCUT2D eigenvalue weighted by Gasteiger charge is 2.38. The van der Waals surface area contributed by atoms with E-state index in [0.29, 0.717) is 11.3 Å². The highest BCUT2D eigenvalue weighted by atomic mass is 19.4. The second-order valence-electron chi connectivity index (χ2n) is 6.90. The van der Waals surface area contributed by atoms with Crippen LogP contribution in [-0.2, 0) is 15.7 Å². The van der Waals surface area contributed by atoms with Crippen LogP contribution in [0.5, 0.6) is 5.75 Å². The molecule has 3 aromatic rings. The van der Waals surface area contributed by atoms with Crippen molar-refractivity contribution in [2.45, 2.75) is 24.3 Å². The van der Waals surface area contributed by atoms with E-state index in [4.69, 9.17) is 9.47 Å². The van der Waals surface area contributed by atoms with Gasteiger partial charge in [-0.05, 0) is 17.1 Å². The van der Waals surface area contributed by atoms with Crippen molar-refractivity contribution in [3.05, 3.63) is 52.8 Å². The van der Waals surface area contributed by atoms with Gasteiger partial charge in [0.2, 0.25) is 6.33 Å². The van der Waals surface area contributed by atoms with Crippen LogP contribution < -0.4 is 4.74 Å². The molecule has 0 saturated heterocycles. The predicted molar refractivity (Wildman–Crippen MR) is 102 cm³/mol. The van der Waals surface area contributed by atoms with Crippen molar-refractivity contribution in [3.8, 4) is 11.8 Å². The molecule has 2 aromatic heterocycles. The molecule has 1 N–H and O–H groups in total. The lowest BCUT2D eigenvalue weighted by Crippen LogP contribution is -2.37. The maximum Gasteiger partial charge on any atom is 0.438 e. The summed E-state index contributed by atoms with van der Waals surface area (Å²) in [6, 6.07) is 10.5. The normalized spacial score (nSPS) is 18.6. The zero-order valence-corrected chi connectivity index (χ0v) is 16.5. The fourth-order valence-electron chi connectivity index (χ4n) is 3.20. The molecule has 1 aliphatic rings. The summed E-state index contributed by atoms with van der Waals surface area (Å²) in [6.07, 6.45) is -7.94. The minimum Gasteiger partial charge on any atom is -0.490 e. The van der Waals surface area contributed by atoms with E-state index in [1.807, 2.05) is 0 Å². The molecule has 0 aliphatic carbocycles. The Hall–Kier alpha value is -3.30. The number of ether oxygens (including phenoxy) is 3. The Kier molecular flexibility index (Phi) is 5.70. The highest BCUT2D eigenvalue weighted by Crippen LogP contribution is 2.37. The molecule has 1 aliphatic heterocycles. The summed E-state index contributed by atoms with van der Waals surface area (Å²) >= 11 is 0. The highest BCUT2D eigenvalue weighted by molar-refractivity contribution is 5.88. The first-order valence-corrected chi connectivity index (χ1v) is 9.31. The molecule has 1 aromatic carbocycles. The number of aromatic amines is 1. The number of hydrogen-bond acceptors (Lipinski definition) is 5.